The summed E-state index contributed by atoms with van der Waals surface area (Å²) >= 11 is 0. The van der Waals surface area contributed by atoms with E-state index in [1.165, 1.54) is 0 Å². The zero-order valence-electron chi connectivity index (χ0n) is 21.4. The van der Waals surface area contributed by atoms with E-state index in [9.17, 15) is 25.2 Å². The number of aldehydes is 1. The molecule has 2 aromatic heterocycles. The minimum Gasteiger partial charge on any atom is -0.395 e. The van der Waals surface area contributed by atoms with Crippen molar-refractivity contribution in [2.45, 2.75) is 38.5 Å². The number of nitrogens with zero attached hydrogens (tertiary/aromatic N) is 7. The van der Waals surface area contributed by atoms with Crippen LogP contribution in [0.2, 0.25) is 0 Å². The van der Waals surface area contributed by atoms with Crippen LogP contribution in [0.3, 0.4) is 0 Å². The van der Waals surface area contributed by atoms with Crippen LogP contribution < -0.4 is 20.0 Å². The Kier molecular flexibility index (Phi) is 11.9. The summed E-state index contributed by atoms with van der Waals surface area (Å²) in [7, 11) is 0. The number of unbranched alkanes of at least 4 members (excludes halogenated alkanes) is 2. The first-order valence-corrected chi connectivity index (χ1v) is 13.1. The molecular weight excluding hydrogens is 480 g/mol. The maximum atomic E-state index is 10.7. The standard InChI is InChI=1S/C24H40N8O5/c33-14-6-1-3-7-25-21-19-20(27-23(28-21)31(10-15-34)11-16-35)22(30-8-4-2-5-9-30)29-24(26-19)32(12-17-36)13-18-37/h14,34-37H,1-13,15-18H2,(H,25,27,28). The molecule has 1 fully saturated rings. The molecule has 3 rings (SSSR count). The molecule has 0 aromatic carbocycles. The summed E-state index contributed by atoms with van der Waals surface area (Å²) in [5.41, 5.74) is 1.07. The third-order valence-electron chi connectivity index (χ3n) is 6.24. The number of carbonyl (C=O) groups is 1. The summed E-state index contributed by atoms with van der Waals surface area (Å²) in [6.07, 6.45) is 6.09. The molecule has 13 heteroatoms. The molecule has 0 unspecified atom stereocenters. The number of aliphatic hydroxyl groups excluding tert-OH is 4. The Balaban J connectivity index is 2.17. The summed E-state index contributed by atoms with van der Waals surface area (Å²) < 4.78 is 0. The fourth-order valence-electron chi connectivity index (χ4n) is 4.38. The molecule has 3 heterocycles. The van der Waals surface area contributed by atoms with Gasteiger partial charge in [-0.25, -0.2) is 9.97 Å². The lowest BCUT2D eigenvalue weighted by molar-refractivity contribution is -0.107. The van der Waals surface area contributed by atoms with Crippen LogP contribution in [-0.4, -0.2) is 119 Å². The van der Waals surface area contributed by atoms with Gasteiger partial charge in [0.25, 0.3) is 0 Å². The molecule has 0 aliphatic carbocycles. The number of nitrogens with one attached hydrogen (secondary N) is 1. The third-order valence-corrected chi connectivity index (χ3v) is 6.24. The smallest absolute Gasteiger partial charge is 0.228 e. The van der Waals surface area contributed by atoms with E-state index in [2.05, 4.69) is 10.2 Å². The molecule has 0 spiro atoms. The van der Waals surface area contributed by atoms with E-state index in [1.807, 2.05) is 0 Å². The van der Waals surface area contributed by atoms with Crippen molar-refractivity contribution in [3.8, 4) is 0 Å². The number of hydrogen-bond acceptors (Lipinski definition) is 13. The Morgan fingerprint density at radius 2 is 1.32 bits per heavy atom. The largest absolute Gasteiger partial charge is 0.395 e. The van der Waals surface area contributed by atoms with Gasteiger partial charge in [0.05, 0.1) is 26.4 Å². The van der Waals surface area contributed by atoms with Gasteiger partial charge in [0.2, 0.25) is 11.9 Å². The minimum atomic E-state index is -0.123. The summed E-state index contributed by atoms with van der Waals surface area (Å²) in [5.74, 6) is 1.87. The monoisotopic (exact) mass is 520 g/mol. The lowest BCUT2D eigenvalue weighted by Gasteiger charge is -2.30. The molecular formula is C24H40N8O5. The molecule has 1 aliphatic heterocycles. The van der Waals surface area contributed by atoms with Gasteiger partial charge in [-0.1, -0.05) is 0 Å². The molecule has 0 bridgehead atoms. The predicted molar refractivity (Wildman–Crippen MR) is 142 cm³/mol. The topological polar surface area (TPSA) is 171 Å². The highest BCUT2D eigenvalue weighted by atomic mass is 16.3. The number of aromatic nitrogens is 4. The van der Waals surface area contributed by atoms with Gasteiger partial charge in [-0.15, -0.1) is 0 Å². The third kappa shape index (κ3) is 7.81. The molecule has 13 nitrogen and oxygen atoms in total. The van der Waals surface area contributed by atoms with Crippen molar-refractivity contribution in [1.82, 2.24) is 19.9 Å². The molecule has 206 valence electrons. The quantitative estimate of drug-likeness (QED) is 0.137. The molecule has 5 N–H and O–H groups in total. The van der Waals surface area contributed by atoms with E-state index in [-0.39, 0.29) is 52.6 Å². The van der Waals surface area contributed by atoms with Gasteiger partial charge in [0, 0.05) is 52.2 Å². The van der Waals surface area contributed by atoms with E-state index in [1.54, 1.807) is 9.80 Å². The van der Waals surface area contributed by atoms with Crippen LogP contribution in [0, 0.1) is 0 Å². The molecule has 2 aromatic rings. The maximum absolute atomic E-state index is 10.7. The van der Waals surface area contributed by atoms with E-state index >= 15 is 0 Å². The second-order valence-electron chi connectivity index (χ2n) is 8.92. The number of aliphatic hydroxyl groups is 4. The summed E-state index contributed by atoms with van der Waals surface area (Å²) in [6.45, 7) is 2.75. The number of anilines is 4. The van der Waals surface area contributed by atoms with E-state index in [0.717, 1.165) is 51.5 Å². The van der Waals surface area contributed by atoms with Gasteiger partial charge in [0.1, 0.15) is 17.3 Å². The van der Waals surface area contributed by atoms with Crippen molar-refractivity contribution in [2.75, 3.05) is 92.3 Å². The van der Waals surface area contributed by atoms with Crippen LogP contribution in [0.15, 0.2) is 0 Å². The first-order chi connectivity index (χ1) is 18.2. The lowest BCUT2D eigenvalue weighted by Crippen LogP contribution is -2.35. The van der Waals surface area contributed by atoms with Crippen LogP contribution in [0.25, 0.3) is 11.0 Å². The van der Waals surface area contributed by atoms with Crippen LogP contribution >= 0.6 is 0 Å². The van der Waals surface area contributed by atoms with Crippen molar-refractivity contribution in [1.29, 1.82) is 0 Å². The molecule has 0 radical (unpaired) electrons. The second kappa shape index (κ2) is 15.4. The molecule has 0 amide bonds. The normalized spacial score (nSPS) is 13.7. The first kappa shape index (κ1) is 28.7. The second-order valence-corrected chi connectivity index (χ2v) is 8.92. The average Bonchev–Trinajstić information content (AvgIpc) is 2.92. The van der Waals surface area contributed by atoms with Gasteiger partial charge < -0.3 is 45.2 Å². The maximum Gasteiger partial charge on any atom is 0.228 e. The molecule has 0 atom stereocenters. The van der Waals surface area contributed by atoms with Crippen molar-refractivity contribution < 1.29 is 25.2 Å². The lowest BCUT2D eigenvalue weighted by atomic mass is 10.1. The highest BCUT2D eigenvalue weighted by Crippen LogP contribution is 2.32. The van der Waals surface area contributed by atoms with Crippen molar-refractivity contribution >= 4 is 40.9 Å². The van der Waals surface area contributed by atoms with Crippen molar-refractivity contribution in [2.24, 2.45) is 0 Å². The Hall–Kier alpha value is -2.87. The van der Waals surface area contributed by atoms with E-state index in [4.69, 9.17) is 19.9 Å². The fourth-order valence-corrected chi connectivity index (χ4v) is 4.38. The Morgan fingerprint density at radius 1 is 0.757 bits per heavy atom. The van der Waals surface area contributed by atoms with E-state index in [0.29, 0.717) is 47.5 Å². The summed E-state index contributed by atoms with van der Waals surface area (Å²) in [6, 6.07) is 0. The zero-order valence-corrected chi connectivity index (χ0v) is 21.4. The van der Waals surface area contributed by atoms with Crippen molar-refractivity contribution in [3.63, 3.8) is 0 Å². The van der Waals surface area contributed by atoms with E-state index < -0.39 is 0 Å². The number of carbonyl (C=O) groups excluding carboxylic acids is 1. The minimum absolute atomic E-state index is 0.116. The predicted octanol–water partition coefficient (Wildman–Crippen LogP) is -0.227. The number of rotatable bonds is 17. The summed E-state index contributed by atoms with van der Waals surface area (Å²) in [5, 5.41) is 41.7. The fraction of sp³-hybridized carbons (Fsp3) is 0.708. The van der Waals surface area contributed by atoms with Crippen LogP contribution in [0.5, 0.6) is 0 Å². The zero-order chi connectivity index (χ0) is 26.5. The molecule has 1 aliphatic rings. The highest BCUT2D eigenvalue weighted by Gasteiger charge is 2.24. The van der Waals surface area contributed by atoms with Gasteiger partial charge in [-0.3, -0.25) is 0 Å². The van der Waals surface area contributed by atoms with Gasteiger partial charge in [-0.2, -0.15) is 9.97 Å². The van der Waals surface area contributed by atoms with Gasteiger partial charge >= 0.3 is 0 Å². The van der Waals surface area contributed by atoms with Crippen LogP contribution in [0.4, 0.5) is 23.5 Å². The molecule has 37 heavy (non-hydrogen) atoms. The Bertz CT molecular complexity index is 964. The van der Waals surface area contributed by atoms with Gasteiger partial charge in [-0.05, 0) is 32.1 Å². The Morgan fingerprint density at radius 3 is 1.89 bits per heavy atom. The molecule has 1 saturated heterocycles. The SMILES string of the molecule is O=CCCCCNc1nc(N(CCO)CCO)nc2c(N3CCCCC3)nc(N(CCO)CCO)nc12. The number of hydrogen-bond donors (Lipinski definition) is 5. The number of piperidine rings is 1. The van der Waals surface area contributed by atoms with Crippen LogP contribution in [-0.2, 0) is 4.79 Å². The Labute approximate surface area is 217 Å². The van der Waals surface area contributed by atoms with Gasteiger partial charge in [0.15, 0.2) is 11.6 Å². The van der Waals surface area contributed by atoms with Crippen molar-refractivity contribution in [3.05, 3.63) is 0 Å². The summed E-state index contributed by atoms with van der Waals surface area (Å²) in [4.78, 5) is 35.5. The number of fused-ring (bicyclic) bond motifs is 1. The highest BCUT2D eigenvalue weighted by molar-refractivity contribution is 5.94. The molecule has 0 saturated carbocycles. The average molecular weight is 521 g/mol. The van der Waals surface area contributed by atoms with Crippen LogP contribution in [0.1, 0.15) is 38.5 Å². The first-order valence-electron chi connectivity index (χ1n) is 13.1.